The van der Waals surface area contributed by atoms with E-state index in [2.05, 4.69) is 5.32 Å². The fourth-order valence-electron chi connectivity index (χ4n) is 1.43. The van der Waals surface area contributed by atoms with Gasteiger partial charge in [0, 0.05) is 19.0 Å². The van der Waals surface area contributed by atoms with Crippen LogP contribution in [0.15, 0.2) is 24.5 Å². The molecule has 0 saturated carbocycles. The quantitative estimate of drug-likeness (QED) is 0.553. The van der Waals surface area contributed by atoms with E-state index in [0.717, 1.165) is 13.0 Å². The van der Waals surface area contributed by atoms with Crippen LogP contribution in [0.25, 0.3) is 0 Å². The summed E-state index contributed by atoms with van der Waals surface area (Å²) in [4.78, 5) is 11.3. The summed E-state index contributed by atoms with van der Waals surface area (Å²) < 4.78 is 7.07. The maximum atomic E-state index is 11.3. The fraction of sp³-hybridized carbons (Fsp3) is 0.538. The van der Waals surface area contributed by atoms with Gasteiger partial charge in [-0.05, 0) is 19.9 Å². The summed E-state index contributed by atoms with van der Waals surface area (Å²) in [7, 11) is 0. The molecule has 1 amide bonds. The van der Waals surface area contributed by atoms with Crippen molar-refractivity contribution in [2.24, 2.45) is 0 Å². The molecule has 0 aliphatic heterocycles. The number of nitrogens with one attached hydrogen (secondary N) is 1. The van der Waals surface area contributed by atoms with Crippen LogP contribution in [0.4, 0.5) is 0 Å². The Kier molecular flexibility index (Phi) is 6.14. The highest BCUT2D eigenvalue weighted by molar-refractivity contribution is 5.77. The predicted molar refractivity (Wildman–Crippen MR) is 67.0 cm³/mol. The van der Waals surface area contributed by atoms with Gasteiger partial charge in [-0.25, -0.2) is 4.57 Å². The van der Waals surface area contributed by atoms with E-state index in [1.54, 1.807) is 18.3 Å². The number of aryl methyl sites for hydroxylation is 1. The molecule has 18 heavy (non-hydrogen) atoms. The van der Waals surface area contributed by atoms with Crippen LogP contribution in [0.3, 0.4) is 0 Å². The van der Waals surface area contributed by atoms with Crippen molar-refractivity contribution in [2.75, 3.05) is 13.2 Å². The summed E-state index contributed by atoms with van der Waals surface area (Å²) in [6.45, 7) is 5.25. The van der Waals surface area contributed by atoms with Crippen LogP contribution in [-0.4, -0.2) is 30.3 Å². The number of pyridine rings is 1. The predicted octanol–water partition coefficient (Wildman–Crippen LogP) is 0.611. The van der Waals surface area contributed by atoms with Gasteiger partial charge in [0.05, 0.1) is 6.10 Å². The summed E-state index contributed by atoms with van der Waals surface area (Å²) in [5.74, 6) is 0.150. The topological polar surface area (TPSA) is 62.4 Å². The molecule has 0 bridgehead atoms. The zero-order valence-corrected chi connectivity index (χ0v) is 10.9. The van der Waals surface area contributed by atoms with E-state index in [1.807, 2.05) is 24.6 Å². The second-order valence-electron chi connectivity index (χ2n) is 4.36. The third-order valence-electron chi connectivity index (χ3n) is 2.31. The average Bonchev–Trinajstić information content (AvgIpc) is 2.32. The minimum atomic E-state index is -0.0930. The van der Waals surface area contributed by atoms with Gasteiger partial charge >= 0.3 is 0 Å². The van der Waals surface area contributed by atoms with Crippen molar-refractivity contribution >= 4 is 5.91 Å². The average molecular weight is 253 g/mol. The zero-order chi connectivity index (χ0) is 13.4. The van der Waals surface area contributed by atoms with Crippen LogP contribution in [0, 0.1) is 0 Å². The SMILES string of the molecule is CC(C)OCC(=O)NCCC[n+]1cccc(O)c1. The lowest BCUT2D eigenvalue weighted by molar-refractivity contribution is -0.697. The maximum Gasteiger partial charge on any atom is 0.246 e. The highest BCUT2D eigenvalue weighted by atomic mass is 16.5. The number of rotatable bonds is 7. The highest BCUT2D eigenvalue weighted by Gasteiger charge is 2.04. The lowest BCUT2D eigenvalue weighted by Crippen LogP contribution is -2.36. The molecule has 1 heterocycles. The molecule has 0 unspecified atom stereocenters. The van der Waals surface area contributed by atoms with Crippen molar-refractivity contribution < 1.29 is 19.2 Å². The highest BCUT2D eigenvalue weighted by Crippen LogP contribution is 2.00. The minimum Gasteiger partial charge on any atom is -0.503 e. The van der Waals surface area contributed by atoms with Gasteiger partial charge in [0.1, 0.15) is 13.2 Å². The minimum absolute atomic E-state index is 0.0681. The van der Waals surface area contributed by atoms with Crippen LogP contribution in [0.1, 0.15) is 20.3 Å². The number of hydrogen-bond donors (Lipinski definition) is 2. The van der Waals surface area contributed by atoms with E-state index in [0.29, 0.717) is 6.54 Å². The first kappa shape index (κ1) is 14.4. The van der Waals surface area contributed by atoms with Crippen LogP contribution in [0.2, 0.25) is 0 Å². The molecule has 1 aromatic heterocycles. The summed E-state index contributed by atoms with van der Waals surface area (Å²) in [6.07, 6.45) is 4.41. The van der Waals surface area contributed by atoms with Gasteiger partial charge in [0.25, 0.3) is 0 Å². The standard InChI is InChI=1S/C13H20N2O3/c1-11(2)18-10-13(17)14-6-4-8-15-7-3-5-12(16)9-15/h3,5,7,9,11H,4,6,8,10H2,1-2H3,(H-,14,16,17)/p+1. The van der Waals surface area contributed by atoms with Crippen LogP contribution >= 0.6 is 0 Å². The van der Waals surface area contributed by atoms with E-state index in [9.17, 15) is 9.90 Å². The molecule has 0 aromatic carbocycles. The fourth-order valence-corrected chi connectivity index (χ4v) is 1.43. The van der Waals surface area contributed by atoms with Crippen LogP contribution in [0.5, 0.6) is 5.75 Å². The van der Waals surface area contributed by atoms with Crippen molar-refractivity contribution in [2.45, 2.75) is 32.9 Å². The maximum absolute atomic E-state index is 11.3. The molecule has 0 aliphatic carbocycles. The molecule has 1 rings (SSSR count). The lowest BCUT2D eigenvalue weighted by atomic mass is 10.4. The summed E-state index contributed by atoms with van der Waals surface area (Å²) in [5.41, 5.74) is 0. The lowest BCUT2D eigenvalue weighted by Gasteiger charge is -2.07. The first-order valence-corrected chi connectivity index (χ1v) is 6.14. The molecular weight excluding hydrogens is 232 g/mol. The van der Waals surface area contributed by atoms with Gasteiger partial charge in [-0.1, -0.05) is 0 Å². The van der Waals surface area contributed by atoms with Gasteiger partial charge in [0.15, 0.2) is 11.9 Å². The first-order chi connectivity index (χ1) is 8.58. The molecular formula is C13H21N2O3+. The van der Waals surface area contributed by atoms with Crippen LogP contribution < -0.4 is 9.88 Å². The van der Waals surface area contributed by atoms with Crippen molar-refractivity contribution in [1.82, 2.24) is 5.32 Å². The number of aromatic nitrogens is 1. The molecule has 1 aromatic rings. The van der Waals surface area contributed by atoms with Crippen LogP contribution in [-0.2, 0) is 16.1 Å². The molecule has 5 nitrogen and oxygen atoms in total. The largest absolute Gasteiger partial charge is 0.503 e. The van der Waals surface area contributed by atoms with Crippen molar-refractivity contribution in [3.63, 3.8) is 0 Å². The Morgan fingerprint density at radius 1 is 1.56 bits per heavy atom. The number of nitrogens with zero attached hydrogens (tertiary/aromatic N) is 1. The Labute approximate surface area is 107 Å². The number of hydrogen-bond acceptors (Lipinski definition) is 3. The van der Waals surface area contributed by atoms with Gasteiger partial charge < -0.3 is 15.2 Å². The van der Waals surface area contributed by atoms with Crippen molar-refractivity contribution in [1.29, 1.82) is 0 Å². The number of carbonyl (C=O) groups is 1. The number of amides is 1. The van der Waals surface area contributed by atoms with E-state index < -0.39 is 0 Å². The Balaban J connectivity index is 2.13. The Bertz CT molecular complexity index is 380. The molecule has 0 fully saturated rings. The zero-order valence-electron chi connectivity index (χ0n) is 10.9. The third kappa shape index (κ3) is 6.20. The van der Waals surface area contributed by atoms with E-state index in [1.165, 1.54) is 0 Å². The van der Waals surface area contributed by atoms with Crippen molar-refractivity contribution in [3.8, 4) is 5.75 Å². The number of ether oxygens (including phenoxy) is 1. The van der Waals surface area contributed by atoms with E-state index in [-0.39, 0.29) is 24.4 Å². The normalized spacial score (nSPS) is 10.6. The molecule has 2 N–H and O–H groups in total. The van der Waals surface area contributed by atoms with E-state index in [4.69, 9.17) is 4.74 Å². The molecule has 0 atom stereocenters. The summed E-state index contributed by atoms with van der Waals surface area (Å²) >= 11 is 0. The van der Waals surface area contributed by atoms with Gasteiger partial charge in [0.2, 0.25) is 12.1 Å². The van der Waals surface area contributed by atoms with E-state index >= 15 is 0 Å². The van der Waals surface area contributed by atoms with Gasteiger partial charge in [-0.2, -0.15) is 0 Å². The monoisotopic (exact) mass is 253 g/mol. The molecule has 0 aliphatic rings. The molecule has 0 radical (unpaired) electrons. The second-order valence-corrected chi connectivity index (χ2v) is 4.36. The Morgan fingerprint density at radius 2 is 2.33 bits per heavy atom. The summed E-state index contributed by atoms with van der Waals surface area (Å²) in [6, 6.07) is 3.41. The molecule has 0 spiro atoms. The Hall–Kier alpha value is -1.62. The smallest absolute Gasteiger partial charge is 0.246 e. The number of carbonyl (C=O) groups excluding carboxylic acids is 1. The van der Waals surface area contributed by atoms with Gasteiger partial charge in [-0.15, -0.1) is 0 Å². The third-order valence-corrected chi connectivity index (χ3v) is 2.31. The Morgan fingerprint density at radius 3 is 3.00 bits per heavy atom. The molecule has 0 saturated heterocycles. The van der Waals surface area contributed by atoms with Crippen molar-refractivity contribution in [3.05, 3.63) is 24.5 Å². The molecule has 5 heteroatoms. The summed E-state index contributed by atoms with van der Waals surface area (Å²) in [5, 5.41) is 12.1. The second kappa shape index (κ2) is 7.66. The number of aromatic hydroxyl groups is 1. The van der Waals surface area contributed by atoms with Gasteiger partial charge in [-0.3, -0.25) is 4.79 Å². The molecule has 100 valence electrons. The first-order valence-electron chi connectivity index (χ1n) is 6.14.